The van der Waals surface area contributed by atoms with Gasteiger partial charge < -0.3 is 5.73 Å². The van der Waals surface area contributed by atoms with E-state index < -0.39 is 0 Å². The van der Waals surface area contributed by atoms with Gasteiger partial charge in [-0.1, -0.05) is 28.9 Å². The van der Waals surface area contributed by atoms with Crippen molar-refractivity contribution in [3.8, 4) is 0 Å². The lowest BCUT2D eigenvalue weighted by Gasteiger charge is -2.31. The van der Waals surface area contributed by atoms with Crippen molar-refractivity contribution >= 4 is 15.9 Å². The van der Waals surface area contributed by atoms with Gasteiger partial charge in [0.25, 0.3) is 0 Å². The van der Waals surface area contributed by atoms with Crippen LogP contribution >= 0.6 is 15.9 Å². The predicted molar refractivity (Wildman–Crippen MR) is 75.9 cm³/mol. The summed E-state index contributed by atoms with van der Waals surface area (Å²) in [6, 6.07) is 5.86. The topological polar surface area (TPSA) is 29.3 Å². The minimum atomic E-state index is -0.165. The highest BCUT2D eigenvalue weighted by atomic mass is 79.9. The molecule has 2 nitrogen and oxygen atoms in total. The first-order chi connectivity index (χ1) is 8.67. The second kappa shape index (κ2) is 6.13. The monoisotopic (exact) mass is 314 g/mol. The molecule has 2 N–H and O–H groups in total. The molecule has 0 aromatic heterocycles. The second-order valence-corrected chi connectivity index (χ2v) is 5.80. The number of nitrogens with two attached hydrogens (primary N) is 1. The lowest BCUT2D eigenvalue weighted by molar-refractivity contribution is 0.188. The van der Waals surface area contributed by atoms with E-state index in [0.29, 0.717) is 12.6 Å². The van der Waals surface area contributed by atoms with Crippen LogP contribution in [-0.2, 0) is 0 Å². The minimum Gasteiger partial charge on any atom is -0.329 e. The van der Waals surface area contributed by atoms with Crippen LogP contribution in [0, 0.1) is 5.82 Å². The standard InChI is InChI=1S/C14H20BrFN2/c1-2-7-18(11-4-5-11)14(9-17)12-6-3-10(15)8-13(12)16/h3,6,8,11,14H,2,4-5,7,9,17H2,1H3. The van der Waals surface area contributed by atoms with E-state index >= 15 is 0 Å². The molecule has 1 fully saturated rings. The van der Waals surface area contributed by atoms with Crippen molar-refractivity contribution in [1.82, 2.24) is 4.90 Å². The molecule has 0 spiro atoms. The Morgan fingerprint density at radius 2 is 2.22 bits per heavy atom. The summed E-state index contributed by atoms with van der Waals surface area (Å²) in [6.07, 6.45) is 3.51. The zero-order valence-corrected chi connectivity index (χ0v) is 12.3. The second-order valence-electron chi connectivity index (χ2n) is 4.89. The fourth-order valence-electron chi connectivity index (χ4n) is 2.47. The molecule has 18 heavy (non-hydrogen) atoms. The molecular formula is C14H20BrFN2. The summed E-state index contributed by atoms with van der Waals surface area (Å²) in [7, 11) is 0. The number of hydrogen-bond donors (Lipinski definition) is 1. The molecule has 0 bridgehead atoms. The fourth-order valence-corrected chi connectivity index (χ4v) is 2.80. The Hall–Kier alpha value is -0.450. The lowest BCUT2D eigenvalue weighted by atomic mass is 10.0. The SMILES string of the molecule is CCCN(C1CC1)C(CN)c1ccc(Br)cc1F. The van der Waals surface area contributed by atoms with Crippen molar-refractivity contribution in [3.05, 3.63) is 34.1 Å². The molecule has 2 rings (SSSR count). The first-order valence-electron chi connectivity index (χ1n) is 6.58. The zero-order chi connectivity index (χ0) is 13.1. The van der Waals surface area contributed by atoms with Crippen LogP contribution in [-0.4, -0.2) is 24.0 Å². The van der Waals surface area contributed by atoms with E-state index in [1.165, 1.54) is 18.9 Å². The third-order valence-corrected chi connectivity index (χ3v) is 3.94. The van der Waals surface area contributed by atoms with Crippen molar-refractivity contribution in [1.29, 1.82) is 0 Å². The summed E-state index contributed by atoms with van der Waals surface area (Å²) in [5.74, 6) is -0.165. The molecule has 0 heterocycles. The van der Waals surface area contributed by atoms with E-state index in [4.69, 9.17) is 5.73 Å². The highest BCUT2D eigenvalue weighted by Crippen LogP contribution is 2.35. The molecule has 1 unspecified atom stereocenters. The predicted octanol–water partition coefficient (Wildman–Crippen LogP) is 3.46. The van der Waals surface area contributed by atoms with Crippen LogP contribution < -0.4 is 5.73 Å². The molecule has 1 aromatic rings. The van der Waals surface area contributed by atoms with Crippen LogP contribution in [0.25, 0.3) is 0 Å². The maximum Gasteiger partial charge on any atom is 0.129 e. The van der Waals surface area contributed by atoms with Crippen LogP contribution in [0.3, 0.4) is 0 Å². The average Bonchev–Trinajstić information content (AvgIpc) is 3.15. The molecule has 1 aliphatic rings. The van der Waals surface area contributed by atoms with Gasteiger partial charge >= 0.3 is 0 Å². The number of halogens is 2. The summed E-state index contributed by atoms with van der Waals surface area (Å²) in [5, 5.41) is 0. The Balaban J connectivity index is 2.25. The van der Waals surface area contributed by atoms with Gasteiger partial charge in [0.05, 0.1) is 6.04 Å². The van der Waals surface area contributed by atoms with Crippen LogP contribution in [0.1, 0.15) is 37.8 Å². The molecule has 0 amide bonds. The van der Waals surface area contributed by atoms with Gasteiger partial charge in [-0.05, 0) is 37.9 Å². The first kappa shape index (κ1) is 14.0. The van der Waals surface area contributed by atoms with Gasteiger partial charge in [-0.25, -0.2) is 4.39 Å². The highest BCUT2D eigenvalue weighted by Gasteiger charge is 2.34. The van der Waals surface area contributed by atoms with Gasteiger partial charge in [-0.15, -0.1) is 0 Å². The first-order valence-corrected chi connectivity index (χ1v) is 7.37. The van der Waals surface area contributed by atoms with Crippen molar-refractivity contribution in [3.63, 3.8) is 0 Å². The van der Waals surface area contributed by atoms with Gasteiger partial charge in [0, 0.05) is 22.6 Å². The van der Waals surface area contributed by atoms with Gasteiger partial charge in [0.15, 0.2) is 0 Å². The largest absolute Gasteiger partial charge is 0.329 e. The Labute approximate surface area is 116 Å². The minimum absolute atomic E-state index is 0.00514. The molecular weight excluding hydrogens is 295 g/mol. The van der Waals surface area contributed by atoms with Gasteiger partial charge in [-0.3, -0.25) is 4.90 Å². The van der Waals surface area contributed by atoms with Crippen LogP contribution in [0.4, 0.5) is 4.39 Å². The van der Waals surface area contributed by atoms with E-state index in [1.807, 2.05) is 12.1 Å². The molecule has 0 aliphatic heterocycles. The quantitative estimate of drug-likeness (QED) is 0.871. The van der Waals surface area contributed by atoms with E-state index in [9.17, 15) is 4.39 Å². The summed E-state index contributed by atoms with van der Waals surface area (Å²) in [5.41, 5.74) is 6.61. The number of rotatable bonds is 6. The molecule has 4 heteroatoms. The number of nitrogens with zero attached hydrogens (tertiary/aromatic N) is 1. The Morgan fingerprint density at radius 3 is 2.72 bits per heavy atom. The van der Waals surface area contributed by atoms with Crippen LogP contribution in [0.2, 0.25) is 0 Å². The molecule has 1 aliphatic carbocycles. The fraction of sp³-hybridized carbons (Fsp3) is 0.571. The Bertz CT molecular complexity index is 407. The molecule has 100 valence electrons. The van der Waals surface area contributed by atoms with Crippen LogP contribution in [0.15, 0.2) is 22.7 Å². The van der Waals surface area contributed by atoms with Crippen molar-refractivity contribution in [2.24, 2.45) is 5.73 Å². The zero-order valence-electron chi connectivity index (χ0n) is 10.7. The summed E-state index contributed by atoms with van der Waals surface area (Å²) in [4.78, 5) is 2.37. The molecule has 0 radical (unpaired) electrons. The molecule has 1 atom stereocenters. The summed E-state index contributed by atoms with van der Waals surface area (Å²) < 4.78 is 14.8. The molecule has 0 saturated heterocycles. The van der Waals surface area contributed by atoms with Gasteiger partial charge in [0.2, 0.25) is 0 Å². The van der Waals surface area contributed by atoms with Crippen molar-refractivity contribution in [2.75, 3.05) is 13.1 Å². The molecule has 1 saturated carbocycles. The highest BCUT2D eigenvalue weighted by molar-refractivity contribution is 9.10. The molecule has 1 aromatic carbocycles. The van der Waals surface area contributed by atoms with E-state index in [0.717, 1.165) is 23.0 Å². The van der Waals surface area contributed by atoms with E-state index in [2.05, 4.69) is 27.8 Å². The summed E-state index contributed by atoms with van der Waals surface area (Å²) >= 11 is 3.29. The van der Waals surface area contributed by atoms with Crippen LogP contribution in [0.5, 0.6) is 0 Å². The summed E-state index contributed by atoms with van der Waals surface area (Å²) in [6.45, 7) is 3.61. The lowest BCUT2D eigenvalue weighted by Crippen LogP contribution is -2.36. The van der Waals surface area contributed by atoms with E-state index in [1.54, 1.807) is 0 Å². The van der Waals surface area contributed by atoms with Crippen molar-refractivity contribution in [2.45, 2.75) is 38.3 Å². The Kier molecular flexibility index (Phi) is 4.76. The third-order valence-electron chi connectivity index (χ3n) is 3.44. The smallest absolute Gasteiger partial charge is 0.129 e. The average molecular weight is 315 g/mol. The third kappa shape index (κ3) is 3.11. The number of benzene rings is 1. The van der Waals surface area contributed by atoms with Crippen molar-refractivity contribution < 1.29 is 4.39 Å². The van der Waals surface area contributed by atoms with E-state index in [-0.39, 0.29) is 11.9 Å². The normalized spacial score (nSPS) is 17.2. The van der Waals surface area contributed by atoms with Gasteiger partial charge in [-0.2, -0.15) is 0 Å². The van der Waals surface area contributed by atoms with Gasteiger partial charge in [0.1, 0.15) is 5.82 Å². The maximum absolute atomic E-state index is 14.1. The number of hydrogen-bond acceptors (Lipinski definition) is 2. The maximum atomic E-state index is 14.1. The Morgan fingerprint density at radius 1 is 1.50 bits per heavy atom.